The van der Waals surface area contributed by atoms with Gasteiger partial charge in [0.05, 0.1) is 25.6 Å². The van der Waals surface area contributed by atoms with Crippen molar-refractivity contribution in [2.75, 3.05) is 20.2 Å². The molecule has 0 aliphatic carbocycles. The number of ether oxygens (including phenoxy) is 1. The number of aromatic nitrogens is 1. The van der Waals surface area contributed by atoms with Crippen LogP contribution in [0.4, 0.5) is 0 Å². The molecule has 5 amide bonds. The van der Waals surface area contributed by atoms with Gasteiger partial charge in [0.1, 0.15) is 41.6 Å². The molecule has 1 aromatic heterocycles. The van der Waals surface area contributed by atoms with Crippen molar-refractivity contribution >= 4 is 69.7 Å². The number of nitrogens with two attached hydrogens (primary N) is 1. The number of nitrogens with zero attached hydrogens (tertiary/aromatic N) is 2. The second-order valence-electron chi connectivity index (χ2n) is 17.5. The van der Waals surface area contributed by atoms with Gasteiger partial charge in [0.15, 0.2) is 0 Å². The van der Waals surface area contributed by atoms with Gasteiger partial charge in [0, 0.05) is 17.5 Å². The molecule has 2 aromatic rings. The molecule has 334 valence electrons. The Morgan fingerprint density at radius 3 is 2.15 bits per heavy atom. The number of thiazole rings is 1. The Balaban J connectivity index is 0.0000124. The van der Waals surface area contributed by atoms with Crippen molar-refractivity contribution in [2.24, 2.45) is 27.5 Å². The molecule has 60 heavy (non-hydrogen) atoms. The second kappa shape index (κ2) is 23.5. The molecule has 18 heteroatoms. The summed E-state index contributed by atoms with van der Waals surface area (Å²) in [5, 5.41) is 20.2. The lowest BCUT2D eigenvalue weighted by molar-refractivity contribution is -0.141. The van der Waals surface area contributed by atoms with Crippen LogP contribution in [0.5, 0.6) is 0 Å². The summed E-state index contributed by atoms with van der Waals surface area (Å²) in [6.45, 7) is 16.7. The van der Waals surface area contributed by atoms with Crippen molar-refractivity contribution in [1.29, 1.82) is 0 Å². The normalized spacial score (nSPS) is 19.9. The first kappa shape index (κ1) is 51.7. The van der Waals surface area contributed by atoms with E-state index < -0.39 is 95.0 Å². The van der Waals surface area contributed by atoms with Crippen LogP contribution in [0, 0.1) is 16.7 Å². The fourth-order valence-corrected chi connectivity index (χ4v) is 7.33. The van der Waals surface area contributed by atoms with E-state index in [1.54, 1.807) is 11.6 Å². The number of halogens is 1. The molecule has 0 bridgehead atoms. The maximum absolute atomic E-state index is 14.7. The van der Waals surface area contributed by atoms with E-state index in [0.29, 0.717) is 30.8 Å². The van der Waals surface area contributed by atoms with Gasteiger partial charge in [-0.25, -0.2) is 4.98 Å². The molecule has 8 N–H and O–H groups in total. The number of rotatable bonds is 15. The lowest BCUT2D eigenvalue weighted by atomic mass is 9.82. The van der Waals surface area contributed by atoms with E-state index in [-0.39, 0.29) is 35.2 Å². The number of hydrogen-bond donors (Lipinski definition) is 7. The third-order valence-electron chi connectivity index (χ3n) is 10.2. The van der Waals surface area contributed by atoms with Crippen LogP contribution in [-0.2, 0) is 33.5 Å². The van der Waals surface area contributed by atoms with Crippen LogP contribution in [0.15, 0.2) is 46.9 Å². The molecule has 2 heterocycles. The standard InChI is InChI=1S/C42H65N9O7S.BrH/c1-24(2)31-37(55)51-33(41(4,5)6)35(45-23-29(52)46-27(36(54)48-31)18-14-15-19-43)50-34(42(7,8)9)39(57)49-32(25(3)26-16-12-11-13-17-26)38(56)47-28(22-30(53)58-10)40-44-20-21-59-40;/h11-13,16-17,20-21,24-25,27-28,31-34H,14-15,18-19,22-23,43H2,1-10H3,(H,45,50)(H,46,52)(H,47,56)(H,48,54)(H,49,57)(H,51,55);1H/t25-,27-,28+,31-,32?,33+,34+;/m0./s1. The molecule has 7 atom stereocenters. The average molecular weight is 921 g/mol. The van der Waals surface area contributed by atoms with Gasteiger partial charge in [0.25, 0.3) is 0 Å². The number of benzene rings is 1. The van der Waals surface area contributed by atoms with Gasteiger partial charge in [-0.15, -0.1) is 28.3 Å². The number of hydrogen-bond acceptors (Lipinski definition) is 12. The Kier molecular flexibility index (Phi) is 20.3. The number of amidine groups is 1. The topological polar surface area (TPSA) is 235 Å². The van der Waals surface area contributed by atoms with Crippen LogP contribution < -0.4 is 37.6 Å². The molecule has 0 saturated heterocycles. The van der Waals surface area contributed by atoms with Crippen LogP contribution in [0.25, 0.3) is 0 Å². The quantitative estimate of drug-likeness (QED) is 0.102. The minimum atomic E-state index is -1.13. The second-order valence-corrected chi connectivity index (χ2v) is 18.4. The highest BCUT2D eigenvalue weighted by Crippen LogP contribution is 2.27. The molecule has 1 aliphatic heterocycles. The maximum Gasteiger partial charge on any atom is 0.308 e. The minimum Gasteiger partial charge on any atom is -0.469 e. The molecule has 1 aliphatic rings. The molecular weight excluding hydrogens is 854 g/mol. The number of carbonyl (C=O) groups excluding carboxylic acids is 6. The number of nitrogens with one attached hydrogen (secondary N) is 6. The Morgan fingerprint density at radius 1 is 0.933 bits per heavy atom. The lowest BCUT2D eigenvalue weighted by Gasteiger charge is -2.39. The summed E-state index contributed by atoms with van der Waals surface area (Å²) in [6, 6.07) is 3.51. The summed E-state index contributed by atoms with van der Waals surface area (Å²) in [5.74, 6) is -3.79. The maximum atomic E-state index is 14.7. The largest absolute Gasteiger partial charge is 0.469 e. The fourth-order valence-electron chi connectivity index (χ4n) is 6.64. The minimum absolute atomic E-state index is 0. The average Bonchev–Trinajstić information content (AvgIpc) is 3.71. The predicted molar refractivity (Wildman–Crippen MR) is 238 cm³/mol. The molecule has 0 fully saturated rings. The highest BCUT2D eigenvalue weighted by molar-refractivity contribution is 8.93. The van der Waals surface area contributed by atoms with Gasteiger partial charge in [-0.05, 0) is 48.1 Å². The van der Waals surface area contributed by atoms with Crippen LogP contribution in [0.3, 0.4) is 0 Å². The van der Waals surface area contributed by atoms with Crippen LogP contribution in [0.1, 0.15) is 111 Å². The number of carbonyl (C=O) groups is 6. The summed E-state index contributed by atoms with van der Waals surface area (Å²) in [5.41, 5.74) is 4.94. The zero-order valence-corrected chi connectivity index (χ0v) is 39.1. The SMILES string of the molecule is Br.COC(=O)C[C@@H](NC(=O)C(NC(=O)[C@@H](NC1=NCC(=O)N[C@@H](CCCCN)C(=O)N[C@@H](C(C)C)C(=O)N[C@H]1C(C)(C)C)C(C)(C)C)[C@@H](C)c1ccccc1)c1nccs1. The third-order valence-corrected chi connectivity index (χ3v) is 11.0. The number of esters is 1. The van der Waals surface area contributed by atoms with Gasteiger partial charge in [-0.3, -0.25) is 33.8 Å². The summed E-state index contributed by atoms with van der Waals surface area (Å²) in [4.78, 5) is 91.6. The summed E-state index contributed by atoms with van der Waals surface area (Å²) in [6.07, 6.45) is 2.94. The lowest BCUT2D eigenvalue weighted by Crippen LogP contribution is -2.65. The smallest absolute Gasteiger partial charge is 0.308 e. The first-order valence-corrected chi connectivity index (χ1v) is 21.1. The van der Waals surface area contributed by atoms with Gasteiger partial charge in [0.2, 0.25) is 29.5 Å². The Hall–Kier alpha value is -4.42. The molecule has 0 spiro atoms. The predicted octanol–water partition coefficient (Wildman–Crippen LogP) is 3.43. The van der Waals surface area contributed by atoms with Crippen molar-refractivity contribution in [2.45, 2.75) is 130 Å². The molecule has 0 saturated carbocycles. The van der Waals surface area contributed by atoms with Crippen molar-refractivity contribution in [3.8, 4) is 0 Å². The summed E-state index contributed by atoms with van der Waals surface area (Å²) in [7, 11) is 1.26. The molecule has 16 nitrogen and oxygen atoms in total. The number of amides is 5. The zero-order chi connectivity index (χ0) is 44.1. The van der Waals surface area contributed by atoms with E-state index >= 15 is 0 Å². The first-order valence-electron chi connectivity index (χ1n) is 20.2. The van der Waals surface area contributed by atoms with Gasteiger partial charge < -0.3 is 42.4 Å². The van der Waals surface area contributed by atoms with Crippen molar-refractivity contribution in [1.82, 2.24) is 36.9 Å². The molecule has 0 radical (unpaired) electrons. The van der Waals surface area contributed by atoms with E-state index in [1.807, 2.05) is 92.6 Å². The first-order chi connectivity index (χ1) is 27.7. The molecular formula is C42H66BrN9O7S. The summed E-state index contributed by atoms with van der Waals surface area (Å²) >= 11 is 1.27. The monoisotopic (exact) mass is 919 g/mol. The molecule has 1 unspecified atom stereocenters. The number of aliphatic imine (C=N–C) groups is 1. The van der Waals surface area contributed by atoms with Crippen molar-refractivity contribution < 1.29 is 33.5 Å². The fraction of sp³-hybridized carbons (Fsp3) is 0.619. The van der Waals surface area contributed by atoms with Crippen LogP contribution >= 0.6 is 28.3 Å². The highest BCUT2D eigenvalue weighted by atomic mass is 79.9. The van der Waals surface area contributed by atoms with E-state index in [2.05, 4.69) is 36.9 Å². The Morgan fingerprint density at radius 2 is 1.60 bits per heavy atom. The molecule has 1 aromatic carbocycles. The Bertz CT molecular complexity index is 1760. The molecule has 3 rings (SSSR count). The van der Waals surface area contributed by atoms with E-state index in [9.17, 15) is 28.8 Å². The Labute approximate surface area is 369 Å². The van der Waals surface area contributed by atoms with Gasteiger partial charge >= 0.3 is 5.97 Å². The number of unbranched alkanes of at least 4 members (excludes halogenated alkanes) is 1. The third kappa shape index (κ3) is 15.2. The van der Waals surface area contributed by atoms with E-state index in [0.717, 1.165) is 5.56 Å². The van der Waals surface area contributed by atoms with Crippen molar-refractivity contribution in [3.05, 3.63) is 52.5 Å². The highest BCUT2D eigenvalue weighted by Gasteiger charge is 2.41. The van der Waals surface area contributed by atoms with E-state index in [4.69, 9.17) is 15.5 Å². The zero-order valence-electron chi connectivity index (χ0n) is 36.5. The van der Waals surface area contributed by atoms with Gasteiger partial charge in [-0.1, -0.05) is 92.6 Å². The van der Waals surface area contributed by atoms with Gasteiger partial charge in [-0.2, -0.15) is 0 Å². The summed E-state index contributed by atoms with van der Waals surface area (Å²) < 4.78 is 4.90. The van der Waals surface area contributed by atoms with E-state index in [1.165, 1.54) is 18.4 Å². The van der Waals surface area contributed by atoms with Crippen LogP contribution in [-0.4, -0.2) is 96.7 Å². The number of methoxy groups -OCH3 is 1. The van der Waals surface area contributed by atoms with Crippen LogP contribution in [0.2, 0.25) is 0 Å². The van der Waals surface area contributed by atoms with Crippen molar-refractivity contribution in [3.63, 3.8) is 0 Å².